The van der Waals surface area contributed by atoms with Gasteiger partial charge in [-0.15, -0.1) is 0 Å². The van der Waals surface area contributed by atoms with Crippen LogP contribution in [0, 0.1) is 5.92 Å². The van der Waals surface area contributed by atoms with Crippen molar-refractivity contribution in [1.82, 2.24) is 4.72 Å². The van der Waals surface area contributed by atoms with Crippen molar-refractivity contribution >= 4 is 17.0 Å². The number of carboxylic acid groups (broad SMARTS) is 1. The summed E-state index contributed by atoms with van der Waals surface area (Å²) >= 11 is 0. The van der Waals surface area contributed by atoms with Crippen molar-refractivity contribution in [3.63, 3.8) is 0 Å². The molecule has 0 rings (SSSR count). The van der Waals surface area contributed by atoms with Gasteiger partial charge in [-0.1, -0.05) is 13.3 Å². The Balaban J connectivity index is 5.22. The van der Waals surface area contributed by atoms with Crippen LogP contribution in [0.4, 0.5) is 13.2 Å². The van der Waals surface area contributed by atoms with E-state index in [2.05, 4.69) is 0 Å². The predicted molar refractivity (Wildman–Crippen MR) is 66.9 cm³/mol. The van der Waals surface area contributed by atoms with Crippen LogP contribution >= 0.6 is 0 Å². The molecule has 3 atom stereocenters. The van der Waals surface area contributed by atoms with Gasteiger partial charge >= 0.3 is 12.1 Å². The second kappa shape index (κ2) is 6.69. The van der Waals surface area contributed by atoms with Gasteiger partial charge in [-0.3, -0.25) is 4.79 Å². The van der Waals surface area contributed by atoms with Crippen LogP contribution in [-0.4, -0.2) is 32.2 Å². The summed E-state index contributed by atoms with van der Waals surface area (Å²) in [6.07, 6.45) is -4.60. The lowest BCUT2D eigenvalue weighted by atomic mass is 9.95. The summed E-state index contributed by atoms with van der Waals surface area (Å²) in [4.78, 5) is 11.0. The van der Waals surface area contributed by atoms with Gasteiger partial charge in [-0.2, -0.15) is 13.2 Å². The molecule has 8 heteroatoms. The number of aliphatic carboxylic acids is 1. The van der Waals surface area contributed by atoms with E-state index < -0.39 is 39.8 Å². The van der Waals surface area contributed by atoms with Crippen LogP contribution in [0.2, 0.25) is 0 Å². The molecule has 0 saturated heterocycles. The summed E-state index contributed by atoms with van der Waals surface area (Å²) < 4.78 is 51.6. The Hall–Kier alpha value is -0.630. The fraction of sp³-hybridized carbons (Fsp3) is 0.909. The zero-order chi connectivity index (χ0) is 15.4. The van der Waals surface area contributed by atoms with Gasteiger partial charge in [0.2, 0.25) is 0 Å². The summed E-state index contributed by atoms with van der Waals surface area (Å²) in [6, 6.07) is -2.31. The third-order valence-electron chi connectivity index (χ3n) is 2.46. The fourth-order valence-electron chi connectivity index (χ4n) is 1.41. The van der Waals surface area contributed by atoms with Gasteiger partial charge in [0.1, 0.15) is 6.04 Å². The van der Waals surface area contributed by atoms with Crippen LogP contribution in [0.3, 0.4) is 0 Å². The molecule has 0 aliphatic carbocycles. The smallest absolute Gasteiger partial charge is 0.405 e. The van der Waals surface area contributed by atoms with E-state index in [1.807, 2.05) is 4.72 Å². The minimum Gasteiger partial charge on any atom is -0.481 e. The lowest BCUT2D eigenvalue weighted by Gasteiger charge is -2.29. The number of alkyl halides is 3. The van der Waals surface area contributed by atoms with Crippen molar-refractivity contribution in [2.24, 2.45) is 5.92 Å². The van der Waals surface area contributed by atoms with Gasteiger partial charge in [0, 0.05) is 0 Å². The van der Waals surface area contributed by atoms with Gasteiger partial charge in [0.05, 0.1) is 21.7 Å². The van der Waals surface area contributed by atoms with Crippen LogP contribution in [0.25, 0.3) is 0 Å². The van der Waals surface area contributed by atoms with Crippen molar-refractivity contribution in [1.29, 1.82) is 0 Å². The maximum absolute atomic E-state index is 12.9. The highest BCUT2D eigenvalue weighted by molar-refractivity contribution is 7.84. The molecule has 4 nitrogen and oxygen atoms in total. The molecule has 0 aliphatic rings. The van der Waals surface area contributed by atoms with E-state index >= 15 is 0 Å². The molecule has 0 heterocycles. The van der Waals surface area contributed by atoms with Gasteiger partial charge in [0.15, 0.2) is 0 Å². The Morgan fingerprint density at radius 3 is 2.05 bits per heavy atom. The highest BCUT2D eigenvalue weighted by Gasteiger charge is 2.48. The summed E-state index contributed by atoms with van der Waals surface area (Å²) in [6.45, 7) is 6.14. The van der Waals surface area contributed by atoms with Crippen molar-refractivity contribution in [2.75, 3.05) is 0 Å². The zero-order valence-electron chi connectivity index (χ0n) is 11.4. The molecule has 0 saturated carbocycles. The molecule has 0 bridgehead atoms. The minimum atomic E-state index is -4.76. The molecule has 0 aromatic rings. The second-order valence-corrected chi connectivity index (χ2v) is 7.25. The average Bonchev–Trinajstić information content (AvgIpc) is 2.19. The number of hydrogen-bond donors (Lipinski definition) is 2. The third-order valence-corrected chi connectivity index (χ3v) is 4.04. The first kappa shape index (κ1) is 18.4. The topological polar surface area (TPSA) is 66.4 Å². The first-order valence-corrected chi connectivity index (χ1v) is 7.03. The Morgan fingerprint density at radius 2 is 1.79 bits per heavy atom. The number of rotatable bonds is 6. The van der Waals surface area contributed by atoms with Gasteiger partial charge in [0.25, 0.3) is 0 Å². The lowest BCUT2D eigenvalue weighted by Crippen LogP contribution is -2.53. The van der Waals surface area contributed by atoms with E-state index in [9.17, 15) is 22.2 Å². The SMILES string of the molecule is CCCC(C(=O)O)C(NS(=O)C(C)(C)C)C(F)(F)F. The Morgan fingerprint density at radius 1 is 1.32 bits per heavy atom. The van der Waals surface area contributed by atoms with Gasteiger partial charge < -0.3 is 5.11 Å². The molecule has 0 aromatic heterocycles. The van der Waals surface area contributed by atoms with Gasteiger partial charge in [-0.05, 0) is 27.2 Å². The quantitative estimate of drug-likeness (QED) is 0.792. The van der Waals surface area contributed by atoms with Crippen molar-refractivity contribution in [2.45, 2.75) is 57.5 Å². The Bertz CT molecular complexity index is 339. The Labute approximate surface area is 113 Å². The Kier molecular flexibility index (Phi) is 6.47. The van der Waals surface area contributed by atoms with E-state index in [1.165, 1.54) is 20.8 Å². The first-order chi connectivity index (χ1) is 8.41. The molecule has 0 radical (unpaired) electrons. The second-order valence-electron chi connectivity index (χ2n) is 5.25. The van der Waals surface area contributed by atoms with Crippen molar-refractivity contribution in [3.8, 4) is 0 Å². The van der Waals surface area contributed by atoms with Gasteiger partial charge in [-0.25, -0.2) is 8.93 Å². The van der Waals surface area contributed by atoms with Crippen molar-refractivity contribution < 1.29 is 27.3 Å². The van der Waals surface area contributed by atoms with Crippen LogP contribution in [0.5, 0.6) is 0 Å². The van der Waals surface area contributed by atoms with E-state index in [-0.39, 0.29) is 6.42 Å². The maximum atomic E-state index is 12.9. The number of carbonyl (C=O) groups is 1. The third kappa shape index (κ3) is 5.90. The predicted octanol–water partition coefficient (Wildman–Crippen LogP) is 2.47. The molecular formula is C11H20F3NO3S. The first-order valence-electron chi connectivity index (χ1n) is 5.88. The summed E-state index contributed by atoms with van der Waals surface area (Å²) in [5.41, 5.74) is 0. The van der Waals surface area contributed by atoms with Crippen LogP contribution in [0.1, 0.15) is 40.5 Å². The zero-order valence-corrected chi connectivity index (χ0v) is 12.2. The summed E-state index contributed by atoms with van der Waals surface area (Å²) in [7, 11) is -1.99. The molecule has 0 amide bonds. The molecular weight excluding hydrogens is 283 g/mol. The average molecular weight is 303 g/mol. The summed E-state index contributed by atoms with van der Waals surface area (Å²) in [5, 5.41) is 8.91. The monoisotopic (exact) mass is 303 g/mol. The number of nitrogens with one attached hydrogen (secondary N) is 1. The highest BCUT2D eigenvalue weighted by Crippen LogP contribution is 2.29. The van der Waals surface area contributed by atoms with E-state index in [0.717, 1.165) is 0 Å². The minimum absolute atomic E-state index is 0.131. The summed E-state index contributed by atoms with van der Waals surface area (Å²) in [5.74, 6) is -3.18. The number of halogens is 3. The van der Waals surface area contributed by atoms with E-state index in [4.69, 9.17) is 5.11 Å². The maximum Gasteiger partial charge on any atom is 0.405 e. The number of carboxylic acids is 1. The molecule has 0 spiro atoms. The molecule has 2 N–H and O–H groups in total. The standard InChI is InChI=1S/C11H20F3NO3S/c1-5-6-7(9(16)17)8(11(12,13)14)15-19(18)10(2,3)4/h7-8,15H,5-6H2,1-4H3,(H,16,17). The molecule has 0 aromatic carbocycles. The van der Waals surface area contributed by atoms with E-state index in [1.54, 1.807) is 6.92 Å². The molecule has 114 valence electrons. The normalized spacial score (nSPS) is 17.8. The van der Waals surface area contributed by atoms with E-state index in [0.29, 0.717) is 6.42 Å². The molecule has 0 fully saturated rings. The molecule has 19 heavy (non-hydrogen) atoms. The fourth-order valence-corrected chi connectivity index (χ4v) is 2.29. The molecule has 3 unspecified atom stereocenters. The van der Waals surface area contributed by atoms with Crippen LogP contribution in [0.15, 0.2) is 0 Å². The molecule has 0 aliphatic heterocycles. The highest BCUT2D eigenvalue weighted by atomic mass is 32.2. The number of hydrogen-bond acceptors (Lipinski definition) is 2. The van der Waals surface area contributed by atoms with Crippen LogP contribution < -0.4 is 4.72 Å². The van der Waals surface area contributed by atoms with Crippen LogP contribution in [-0.2, 0) is 15.8 Å². The van der Waals surface area contributed by atoms with Crippen molar-refractivity contribution in [3.05, 3.63) is 0 Å². The lowest BCUT2D eigenvalue weighted by molar-refractivity contribution is -0.176. The largest absolute Gasteiger partial charge is 0.481 e.